The summed E-state index contributed by atoms with van der Waals surface area (Å²) < 4.78 is 7.04. The molecule has 4 aromatic rings. The van der Waals surface area contributed by atoms with Gasteiger partial charge in [-0.15, -0.1) is 0 Å². The molecule has 0 amide bonds. The number of nitrogens with zero attached hydrogens (tertiary/aromatic N) is 5. The van der Waals surface area contributed by atoms with E-state index in [0.717, 1.165) is 59.8 Å². The molecular weight excluding hydrogens is 388 g/mol. The summed E-state index contributed by atoms with van der Waals surface area (Å²) in [6.07, 6.45) is 3.64. The van der Waals surface area contributed by atoms with Crippen LogP contribution in [0.3, 0.4) is 0 Å². The highest BCUT2D eigenvalue weighted by Crippen LogP contribution is 2.32. The van der Waals surface area contributed by atoms with Crippen molar-refractivity contribution in [1.29, 1.82) is 0 Å². The van der Waals surface area contributed by atoms with Crippen molar-refractivity contribution in [3.05, 3.63) is 60.9 Å². The second-order valence-electron chi connectivity index (χ2n) is 7.92. The number of rotatable bonds is 4. The molecule has 0 aliphatic carbocycles. The van der Waals surface area contributed by atoms with Crippen molar-refractivity contribution >= 4 is 17.2 Å². The first kappa shape index (κ1) is 19.4. The molecule has 31 heavy (non-hydrogen) atoms. The van der Waals surface area contributed by atoms with Crippen LogP contribution in [-0.4, -0.2) is 59.8 Å². The van der Waals surface area contributed by atoms with Crippen molar-refractivity contribution in [3.63, 3.8) is 0 Å². The molecule has 0 atom stereocenters. The van der Waals surface area contributed by atoms with Crippen molar-refractivity contribution in [3.8, 4) is 28.0 Å². The minimum atomic E-state index is 0.554. The highest BCUT2D eigenvalue weighted by molar-refractivity contribution is 5.82. The number of ether oxygens (including phenoxy) is 1. The summed E-state index contributed by atoms with van der Waals surface area (Å²) in [6.45, 7) is 4.29. The van der Waals surface area contributed by atoms with Crippen molar-refractivity contribution < 1.29 is 4.74 Å². The number of aromatic nitrogens is 3. The molecule has 1 saturated heterocycles. The van der Waals surface area contributed by atoms with Crippen molar-refractivity contribution in [2.24, 2.45) is 0 Å². The Morgan fingerprint density at radius 3 is 2.42 bits per heavy atom. The summed E-state index contributed by atoms with van der Waals surface area (Å²) in [5, 5.41) is 4.53. The quantitative estimate of drug-likeness (QED) is 0.552. The first-order valence-electron chi connectivity index (χ1n) is 10.4. The summed E-state index contributed by atoms with van der Waals surface area (Å²) in [4.78, 5) is 9.48. The largest absolute Gasteiger partial charge is 0.497 e. The number of hydrogen-bond acceptors (Lipinski definition) is 6. The summed E-state index contributed by atoms with van der Waals surface area (Å²) in [5.74, 6) is 1.33. The van der Waals surface area contributed by atoms with E-state index >= 15 is 0 Å². The number of benzene rings is 2. The van der Waals surface area contributed by atoms with Crippen LogP contribution in [0.15, 0.2) is 60.9 Å². The zero-order valence-corrected chi connectivity index (χ0v) is 17.8. The normalized spacial score (nSPS) is 14.8. The standard InChI is InChI=1S/C24H26N6O/c1-28-10-12-29(13-11-28)19-8-6-17(7-9-19)22-16-27-30-23(25)21(15-26-24(22)30)18-4-3-5-20(14-18)31-2/h3-9,14-16H,10-13,25H2,1-2H3. The molecule has 0 bridgehead atoms. The van der Waals surface area contributed by atoms with E-state index in [4.69, 9.17) is 15.5 Å². The minimum absolute atomic E-state index is 0.554. The molecule has 2 N–H and O–H groups in total. The van der Waals surface area contributed by atoms with E-state index in [9.17, 15) is 0 Å². The van der Waals surface area contributed by atoms with Gasteiger partial charge in [0.15, 0.2) is 5.65 Å². The Morgan fingerprint density at radius 2 is 1.68 bits per heavy atom. The van der Waals surface area contributed by atoms with Gasteiger partial charge in [0.05, 0.1) is 13.3 Å². The SMILES string of the molecule is COc1cccc(-c2cnc3c(-c4ccc(N5CCN(C)CC5)cc4)cnn3c2N)c1. The molecular formula is C24H26N6O. The van der Waals surface area contributed by atoms with Crippen LogP contribution in [0.4, 0.5) is 11.5 Å². The van der Waals surface area contributed by atoms with Gasteiger partial charge in [-0.25, -0.2) is 4.98 Å². The van der Waals surface area contributed by atoms with Gasteiger partial charge in [0.2, 0.25) is 0 Å². The highest BCUT2D eigenvalue weighted by atomic mass is 16.5. The molecule has 3 heterocycles. The van der Waals surface area contributed by atoms with Gasteiger partial charge < -0.3 is 20.3 Å². The molecule has 0 radical (unpaired) electrons. The van der Waals surface area contributed by atoms with Gasteiger partial charge in [0.25, 0.3) is 0 Å². The third-order valence-corrected chi connectivity index (χ3v) is 5.99. The molecule has 5 rings (SSSR count). The molecule has 1 aliphatic heterocycles. The van der Waals surface area contributed by atoms with Gasteiger partial charge in [0.1, 0.15) is 11.6 Å². The van der Waals surface area contributed by atoms with Crippen LogP contribution in [0.1, 0.15) is 0 Å². The van der Waals surface area contributed by atoms with Crippen LogP contribution < -0.4 is 15.4 Å². The predicted octanol–water partition coefficient (Wildman–Crippen LogP) is 3.41. The number of methoxy groups -OCH3 is 1. The Kier molecular flexibility index (Phi) is 4.95. The van der Waals surface area contributed by atoms with E-state index in [2.05, 4.69) is 46.2 Å². The lowest BCUT2D eigenvalue weighted by molar-refractivity contribution is 0.313. The third kappa shape index (κ3) is 3.57. The number of nitrogen functional groups attached to an aromatic ring is 1. The van der Waals surface area contributed by atoms with E-state index in [1.54, 1.807) is 11.6 Å². The Morgan fingerprint density at radius 1 is 0.903 bits per heavy atom. The van der Waals surface area contributed by atoms with Gasteiger partial charge >= 0.3 is 0 Å². The lowest BCUT2D eigenvalue weighted by Crippen LogP contribution is -2.44. The molecule has 158 valence electrons. The zero-order chi connectivity index (χ0) is 21.4. The maximum atomic E-state index is 6.48. The molecule has 0 spiro atoms. The lowest BCUT2D eigenvalue weighted by Gasteiger charge is -2.34. The van der Waals surface area contributed by atoms with Crippen LogP contribution in [-0.2, 0) is 0 Å². The van der Waals surface area contributed by atoms with Crippen molar-refractivity contribution in [1.82, 2.24) is 19.5 Å². The fourth-order valence-corrected chi connectivity index (χ4v) is 4.08. The first-order chi connectivity index (χ1) is 15.1. The van der Waals surface area contributed by atoms with Gasteiger partial charge in [-0.3, -0.25) is 0 Å². The smallest absolute Gasteiger partial charge is 0.165 e. The fourth-order valence-electron chi connectivity index (χ4n) is 4.08. The summed E-state index contributed by atoms with van der Waals surface area (Å²) in [5.41, 5.74) is 12.3. The highest BCUT2D eigenvalue weighted by Gasteiger charge is 2.16. The van der Waals surface area contributed by atoms with E-state index in [0.29, 0.717) is 5.82 Å². The average molecular weight is 415 g/mol. The number of anilines is 2. The summed E-state index contributed by atoms with van der Waals surface area (Å²) in [7, 11) is 3.82. The Balaban J connectivity index is 1.47. The van der Waals surface area contributed by atoms with E-state index in [1.165, 1.54) is 5.69 Å². The Hall–Kier alpha value is -3.58. The predicted molar refractivity (Wildman–Crippen MR) is 125 cm³/mol. The Labute approximate surface area is 181 Å². The monoisotopic (exact) mass is 414 g/mol. The van der Waals surface area contributed by atoms with E-state index in [1.807, 2.05) is 36.7 Å². The topological polar surface area (TPSA) is 71.9 Å². The third-order valence-electron chi connectivity index (χ3n) is 5.99. The van der Waals surface area contributed by atoms with Gasteiger partial charge in [0, 0.05) is 49.2 Å². The van der Waals surface area contributed by atoms with Crippen LogP contribution in [0.2, 0.25) is 0 Å². The second-order valence-corrected chi connectivity index (χ2v) is 7.92. The van der Waals surface area contributed by atoms with Crippen LogP contribution in [0, 0.1) is 0 Å². The van der Waals surface area contributed by atoms with Crippen LogP contribution >= 0.6 is 0 Å². The van der Waals surface area contributed by atoms with Crippen molar-refractivity contribution in [2.45, 2.75) is 0 Å². The summed E-state index contributed by atoms with van der Waals surface area (Å²) >= 11 is 0. The summed E-state index contributed by atoms with van der Waals surface area (Å²) in [6, 6.07) is 16.4. The number of hydrogen-bond donors (Lipinski definition) is 1. The van der Waals surface area contributed by atoms with E-state index in [-0.39, 0.29) is 0 Å². The van der Waals surface area contributed by atoms with Gasteiger partial charge in [-0.2, -0.15) is 9.61 Å². The van der Waals surface area contributed by atoms with Crippen LogP contribution in [0.5, 0.6) is 5.75 Å². The fraction of sp³-hybridized carbons (Fsp3) is 0.250. The van der Waals surface area contributed by atoms with Gasteiger partial charge in [-0.1, -0.05) is 24.3 Å². The number of fused-ring (bicyclic) bond motifs is 1. The van der Waals surface area contributed by atoms with Gasteiger partial charge in [-0.05, 0) is 42.4 Å². The van der Waals surface area contributed by atoms with Crippen LogP contribution in [0.25, 0.3) is 27.9 Å². The molecule has 7 heteroatoms. The Bertz CT molecular complexity index is 1210. The molecule has 0 saturated carbocycles. The first-order valence-corrected chi connectivity index (χ1v) is 10.4. The molecule has 1 aliphatic rings. The van der Waals surface area contributed by atoms with Crippen molar-refractivity contribution in [2.75, 3.05) is 51.0 Å². The number of piperazine rings is 1. The second kappa shape index (κ2) is 7.92. The average Bonchev–Trinajstić information content (AvgIpc) is 3.25. The molecule has 2 aromatic carbocycles. The molecule has 0 unspecified atom stereocenters. The maximum Gasteiger partial charge on any atom is 0.165 e. The lowest BCUT2D eigenvalue weighted by atomic mass is 10.1. The number of nitrogens with two attached hydrogens (primary N) is 1. The maximum absolute atomic E-state index is 6.48. The minimum Gasteiger partial charge on any atom is -0.497 e. The number of likely N-dealkylation sites (N-methyl/N-ethyl adjacent to an activating group) is 1. The van der Waals surface area contributed by atoms with E-state index < -0.39 is 0 Å². The molecule has 7 nitrogen and oxygen atoms in total. The molecule has 2 aromatic heterocycles. The molecule has 1 fully saturated rings. The zero-order valence-electron chi connectivity index (χ0n) is 17.8.